The van der Waals surface area contributed by atoms with E-state index >= 15 is 35.1 Å². The Bertz CT molecular complexity index is 3410. The molecule has 0 radical (unpaired) electrons. The molecule has 0 fully saturated rings. The number of H-pyrrole nitrogens is 2. The van der Waals surface area contributed by atoms with Gasteiger partial charge in [0.2, 0.25) is 17.5 Å². The second kappa shape index (κ2) is 15.4. The van der Waals surface area contributed by atoms with Crippen LogP contribution in [0.2, 0.25) is 0 Å². The highest BCUT2D eigenvalue weighted by molar-refractivity contribution is 6.00. The van der Waals surface area contributed by atoms with Crippen molar-refractivity contribution in [2.75, 3.05) is 0 Å². The SMILES string of the molecule is Fc1cc(F)c(-c2c3nc(c(-c4c(F)c(F)c(F)c(F)c4F)c4ccc([nH]4)c(-c4c(F)c(F)c(F)c(F)c4F)c4nc(c(-c5c(F)c(F)c(F)c(F)c5F)c5ccc2[nH]5)C=C4)C=C3)c(F)c1. The molecular weight excluding hydrogens is 926 g/mol. The van der Waals surface area contributed by atoms with Gasteiger partial charge in [0.15, 0.2) is 69.8 Å². The van der Waals surface area contributed by atoms with Gasteiger partial charge < -0.3 is 9.97 Å². The van der Waals surface area contributed by atoms with Gasteiger partial charge in [0.1, 0.15) is 17.5 Å². The van der Waals surface area contributed by atoms with Crippen LogP contribution in [-0.4, -0.2) is 19.9 Å². The second-order valence-electron chi connectivity index (χ2n) is 14.1. The first-order valence-electron chi connectivity index (χ1n) is 18.1. The quantitative estimate of drug-likeness (QED) is 0.105. The first-order valence-corrected chi connectivity index (χ1v) is 18.1. The smallest absolute Gasteiger partial charge is 0.200 e. The van der Waals surface area contributed by atoms with Crippen LogP contribution < -0.4 is 0 Å². The topological polar surface area (TPSA) is 57.4 Å². The molecule has 7 aromatic rings. The van der Waals surface area contributed by atoms with Crippen LogP contribution in [0.4, 0.5) is 79.0 Å². The van der Waals surface area contributed by atoms with Gasteiger partial charge in [-0.1, -0.05) is 0 Å². The van der Waals surface area contributed by atoms with Crippen molar-refractivity contribution in [3.8, 4) is 44.5 Å². The summed E-state index contributed by atoms with van der Waals surface area (Å²) >= 11 is 0. The summed E-state index contributed by atoms with van der Waals surface area (Å²) in [5, 5.41) is 0. The van der Waals surface area contributed by atoms with E-state index in [1.165, 1.54) is 0 Å². The van der Waals surface area contributed by atoms with Crippen molar-refractivity contribution in [1.82, 2.24) is 19.9 Å². The zero-order valence-electron chi connectivity index (χ0n) is 31.5. The molecule has 0 spiro atoms. The van der Waals surface area contributed by atoms with Crippen LogP contribution in [0.25, 0.3) is 90.9 Å². The summed E-state index contributed by atoms with van der Waals surface area (Å²) in [7, 11) is 0. The van der Waals surface area contributed by atoms with Gasteiger partial charge in [-0.15, -0.1) is 0 Å². The molecule has 2 N–H and O–H groups in total. The van der Waals surface area contributed by atoms with Gasteiger partial charge in [-0.05, 0) is 48.6 Å². The third-order valence-electron chi connectivity index (χ3n) is 10.4. The van der Waals surface area contributed by atoms with E-state index in [1.807, 2.05) is 0 Å². The van der Waals surface area contributed by atoms with Gasteiger partial charge in [0.25, 0.3) is 0 Å². The van der Waals surface area contributed by atoms with Gasteiger partial charge in [0.05, 0.1) is 45.0 Å². The molecule has 0 atom stereocenters. The summed E-state index contributed by atoms with van der Waals surface area (Å²) in [4.78, 5) is 12.9. The number of hydrogen-bond donors (Lipinski definition) is 2. The molecular formula is C44H12F18N4. The van der Waals surface area contributed by atoms with E-state index in [4.69, 9.17) is 0 Å². The normalized spacial score (nSPS) is 12.3. The van der Waals surface area contributed by atoms with Crippen LogP contribution in [0, 0.1) is 105 Å². The maximum atomic E-state index is 15.8. The first-order chi connectivity index (χ1) is 31.2. The third kappa shape index (κ3) is 6.36. The molecule has 0 saturated carbocycles. The minimum Gasteiger partial charge on any atom is -0.354 e. The number of hydrogen-bond acceptors (Lipinski definition) is 2. The van der Waals surface area contributed by atoms with Crippen LogP contribution in [0.15, 0.2) is 36.4 Å². The molecule has 9 rings (SSSR count). The molecule has 66 heavy (non-hydrogen) atoms. The number of nitrogens with one attached hydrogen (secondary N) is 2. The fourth-order valence-corrected chi connectivity index (χ4v) is 7.51. The van der Waals surface area contributed by atoms with Crippen LogP contribution >= 0.6 is 0 Å². The van der Waals surface area contributed by atoms with Gasteiger partial charge in [-0.3, -0.25) is 0 Å². The largest absolute Gasteiger partial charge is 0.354 e. The highest BCUT2D eigenvalue weighted by atomic mass is 19.2. The Hall–Kier alpha value is -7.78. The Morgan fingerprint density at radius 3 is 0.712 bits per heavy atom. The fourth-order valence-electron chi connectivity index (χ4n) is 7.51. The maximum absolute atomic E-state index is 15.8. The van der Waals surface area contributed by atoms with E-state index in [-0.39, 0.29) is 12.1 Å². The fraction of sp³-hybridized carbons (Fsp3) is 0. The average Bonchev–Trinajstić information content (AvgIpc) is 4.14. The predicted octanol–water partition coefficient (Wildman–Crippen LogP) is 13.8. The Balaban J connectivity index is 1.58. The van der Waals surface area contributed by atoms with Crippen molar-refractivity contribution in [2.24, 2.45) is 0 Å². The number of nitrogens with zero attached hydrogens (tertiary/aromatic N) is 2. The summed E-state index contributed by atoms with van der Waals surface area (Å²) in [5.74, 6) is -43.2. The van der Waals surface area contributed by atoms with Crippen molar-refractivity contribution < 1.29 is 79.0 Å². The minimum absolute atomic E-state index is 0.172. The average molecular weight is 939 g/mol. The lowest BCUT2D eigenvalue weighted by Crippen LogP contribution is -2.06. The molecule has 2 aliphatic rings. The molecule has 3 aromatic heterocycles. The van der Waals surface area contributed by atoms with Crippen molar-refractivity contribution in [3.63, 3.8) is 0 Å². The Morgan fingerprint density at radius 1 is 0.258 bits per heavy atom. The van der Waals surface area contributed by atoms with Crippen LogP contribution in [-0.2, 0) is 0 Å². The molecule has 4 nitrogen and oxygen atoms in total. The molecule has 0 saturated heterocycles. The van der Waals surface area contributed by atoms with E-state index in [9.17, 15) is 43.9 Å². The summed E-state index contributed by atoms with van der Waals surface area (Å²) < 4.78 is 273. The summed E-state index contributed by atoms with van der Waals surface area (Å²) in [6, 6.07) is 3.43. The van der Waals surface area contributed by atoms with E-state index in [1.54, 1.807) is 0 Å². The molecule has 0 unspecified atom stereocenters. The number of halogens is 18. The van der Waals surface area contributed by atoms with Crippen LogP contribution in [0.1, 0.15) is 22.8 Å². The highest BCUT2D eigenvalue weighted by Gasteiger charge is 2.34. The van der Waals surface area contributed by atoms with Crippen molar-refractivity contribution in [3.05, 3.63) is 164 Å². The lowest BCUT2D eigenvalue weighted by Gasteiger charge is -2.11. The molecule has 22 heteroatoms. The van der Waals surface area contributed by atoms with Gasteiger partial charge >= 0.3 is 0 Å². The number of benzene rings is 4. The lowest BCUT2D eigenvalue weighted by atomic mass is 10.0. The third-order valence-corrected chi connectivity index (χ3v) is 10.4. The molecule has 8 bridgehead atoms. The number of aromatic nitrogens is 4. The molecule has 4 aromatic carbocycles. The van der Waals surface area contributed by atoms with Crippen molar-refractivity contribution >= 4 is 46.4 Å². The Kier molecular flexibility index (Phi) is 10.2. The summed E-state index contributed by atoms with van der Waals surface area (Å²) in [6.07, 6.45) is 2.97. The molecule has 334 valence electrons. The monoisotopic (exact) mass is 938 g/mol. The van der Waals surface area contributed by atoms with Gasteiger partial charge in [-0.2, -0.15) is 0 Å². The zero-order valence-corrected chi connectivity index (χ0v) is 31.5. The van der Waals surface area contributed by atoms with E-state index in [0.717, 1.165) is 30.4 Å². The van der Waals surface area contributed by atoms with Gasteiger partial charge in [-0.25, -0.2) is 89.0 Å². The lowest BCUT2D eigenvalue weighted by molar-refractivity contribution is 0.381. The molecule has 0 amide bonds. The van der Waals surface area contributed by atoms with Crippen molar-refractivity contribution in [1.29, 1.82) is 0 Å². The van der Waals surface area contributed by atoms with Crippen molar-refractivity contribution in [2.45, 2.75) is 0 Å². The van der Waals surface area contributed by atoms with Crippen LogP contribution in [0.3, 0.4) is 0 Å². The van der Waals surface area contributed by atoms with E-state index in [2.05, 4.69) is 19.9 Å². The zero-order chi connectivity index (χ0) is 47.5. The summed E-state index contributed by atoms with van der Waals surface area (Å²) in [6.45, 7) is 0. The second-order valence-corrected chi connectivity index (χ2v) is 14.1. The molecule has 5 heterocycles. The Labute approximate surface area is 353 Å². The maximum Gasteiger partial charge on any atom is 0.200 e. The van der Waals surface area contributed by atoms with Gasteiger partial charge in [0, 0.05) is 56.5 Å². The molecule has 0 aliphatic carbocycles. The predicted molar refractivity (Wildman–Crippen MR) is 200 cm³/mol. The molecule has 2 aliphatic heterocycles. The van der Waals surface area contributed by atoms with E-state index < -0.39 is 194 Å². The highest BCUT2D eigenvalue weighted by Crippen LogP contribution is 2.44. The first kappa shape index (κ1) is 43.5. The van der Waals surface area contributed by atoms with Crippen LogP contribution in [0.5, 0.6) is 0 Å². The number of fused-ring (bicyclic) bond motifs is 8. The van der Waals surface area contributed by atoms with E-state index in [0.29, 0.717) is 18.2 Å². The number of rotatable bonds is 4. The summed E-state index contributed by atoms with van der Waals surface area (Å²) in [5.41, 5.74) is -17.2. The standard InChI is InChI=1S/C44H12F18N4/c45-11-9-12(46)22(13(47)10-11)23-14-1-3-16(63-14)24(27-30(48)36(54)42(60)37(55)31(27)49)18-5-7-20(65-18)26(29-34(52)40(58)44(62)41(59)35(29)53)21-8-6-19(66-21)25(17-4-2-15(23)64-17)28-32(50)38(56)43(61)39(57)33(28)51/h1-10,63,66H. The number of aromatic amines is 2. The minimum atomic E-state index is -2.67. The Morgan fingerprint density at radius 2 is 0.470 bits per heavy atom.